The van der Waals surface area contributed by atoms with Crippen LogP contribution in [0.25, 0.3) is 0 Å². The summed E-state index contributed by atoms with van der Waals surface area (Å²) in [6, 6.07) is 8.29. The van der Waals surface area contributed by atoms with Crippen LogP contribution >= 0.6 is 36.4 Å². The third kappa shape index (κ3) is 6.58. The molecule has 1 heterocycles. The van der Waals surface area contributed by atoms with Crippen LogP contribution in [0.15, 0.2) is 24.3 Å². The van der Waals surface area contributed by atoms with Gasteiger partial charge in [0.05, 0.1) is 5.41 Å². The zero-order valence-corrected chi connectivity index (χ0v) is 18.1. The largest absolute Gasteiger partial charge is 0.353 e. The number of likely N-dealkylation sites (tertiary alicyclic amines) is 1. The molecular weight excluding hydrogens is 393 g/mol. The molecule has 0 aliphatic carbocycles. The van der Waals surface area contributed by atoms with Gasteiger partial charge in [0.15, 0.2) is 0 Å². The smallest absolute Gasteiger partial charge is 0.227 e. The van der Waals surface area contributed by atoms with E-state index in [4.69, 9.17) is 17.3 Å². The van der Waals surface area contributed by atoms with Gasteiger partial charge >= 0.3 is 0 Å². The Bertz CT molecular complexity index is 519. The molecule has 1 fully saturated rings. The van der Waals surface area contributed by atoms with Gasteiger partial charge < -0.3 is 11.1 Å². The molecule has 1 saturated heterocycles. The number of hydrogen-bond donors (Lipinski definition) is 2. The van der Waals surface area contributed by atoms with E-state index >= 15 is 0 Å². The van der Waals surface area contributed by atoms with E-state index in [2.05, 4.69) is 22.3 Å². The monoisotopic (exact) mass is 423 g/mol. The summed E-state index contributed by atoms with van der Waals surface area (Å²) >= 11 is 5.93. The Morgan fingerprint density at radius 1 is 1.19 bits per heavy atom. The second kappa shape index (κ2) is 12.0. The Kier molecular flexibility index (Phi) is 11.8. The van der Waals surface area contributed by atoms with Gasteiger partial charge in [0.25, 0.3) is 0 Å². The lowest BCUT2D eigenvalue weighted by atomic mass is 9.81. The quantitative estimate of drug-likeness (QED) is 0.694. The molecule has 7 heteroatoms. The fraction of sp³-hybridized carbons (Fsp3) is 0.632. The predicted octanol–water partition coefficient (Wildman–Crippen LogP) is 4.03. The molecule has 1 aromatic carbocycles. The molecule has 0 spiro atoms. The lowest BCUT2D eigenvalue weighted by Gasteiger charge is -2.35. The van der Waals surface area contributed by atoms with Crippen LogP contribution in [0.3, 0.4) is 0 Å². The maximum Gasteiger partial charge on any atom is 0.227 e. The second-order valence-electron chi connectivity index (χ2n) is 6.84. The molecule has 1 aliphatic heterocycles. The number of halogens is 3. The van der Waals surface area contributed by atoms with Gasteiger partial charge in [0, 0.05) is 37.2 Å². The maximum atomic E-state index is 12.6. The van der Waals surface area contributed by atoms with Crippen molar-refractivity contribution in [2.45, 2.75) is 52.1 Å². The number of carbonyl (C=O) groups is 1. The summed E-state index contributed by atoms with van der Waals surface area (Å²) in [7, 11) is 0. The predicted molar refractivity (Wildman–Crippen MR) is 114 cm³/mol. The summed E-state index contributed by atoms with van der Waals surface area (Å²) < 4.78 is 0. The van der Waals surface area contributed by atoms with Crippen molar-refractivity contribution in [3.8, 4) is 0 Å². The van der Waals surface area contributed by atoms with Gasteiger partial charge in [-0.2, -0.15) is 0 Å². The van der Waals surface area contributed by atoms with Gasteiger partial charge in [-0.15, -0.1) is 24.8 Å². The summed E-state index contributed by atoms with van der Waals surface area (Å²) in [6.45, 7) is 7.45. The zero-order valence-electron chi connectivity index (χ0n) is 15.7. The number of carbonyl (C=O) groups excluding carboxylic acids is 1. The van der Waals surface area contributed by atoms with Crippen molar-refractivity contribution < 1.29 is 4.79 Å². The third-order valence-electron chi connectivity index (χ3n) is 5.47. The van der Waals surface area contributed by atoms with E-state index in [0.29, 0.717) is 6.54 Å². The summed E-state index contributed by atoms with van der Waals surface area (Å²) in [5, 5.41) is 4.01. The number of piperidine rings is 1. The number of nitrogens with zero attached hydrogens (tertiary/aromatic N) is 1. The van der Waals surface area contributed by atoms with Gasteiger partial charge in [-0.05, 0) is 43.4 Å². The minimum Gasteiger partial charge on any atom is -0.353 e. The minimum absolute atomic E-state index is 0. The van der Waals surface area contributed by atoms with Crippen LogP contribution in [0.4, 0.5) is 0 Å². The van der Waals surface area contributed by atoms with Gasteiger partial charge in [-0.25, -0.2) is 0 Å². The van der Waals surface area contributed by atoms with Gasteiger partial charge in [0.1, 0.15) is 0 Å². The standard InChI is InChI=1S/C19H30ClN3O.2ClH/c1-3-19(4-2,14-21)18(24)22-17-9-11-23(12-10-17)13-15-5-7-16(20)8-6-15;;/h5-8,17H,3-4,9-14,21H2,1-2H3,(H,22,24);2*1H. The first kappa shape index (κ1) is 25.5. The summed E-state index contributed by atoms with van der Waals surface area (Å²) in [6.07, 6.45) is 3.57. The molecule has 0 unspecified atom stereocenters. The fourth-order valence-corrected chi connectivity index (χ4v) is 3.50. The van der Waals surface area contributed by atoms with E-state index < -0.39 is 5.41 Å². The van der Waals surface area contributed by atoms with E-state index in [1.54, 1.807) is 0 Å². The molecule has 26 heavy (non-hydrogen) atoms. The van der Waals surface area contributed by atoms with Crippen LogP contribution in [0, 0.1) is 5.41 Å². The Balaban J connectivity index is 0.00000312. The summed E-state index contributed by atoms with van der Waals surface area (Å²) in [5.41, 5.74) is 6.75. The van der Waals surface area contributed by atoms with E-state index in [9.17, 15) is 4.79 Å². The van der Waals surface area contributed by atoms with E-state index in [0.717, 1.165) is 50.3 Å². The Hall–Kier alpha value is -0.520. The van der Waals surface area contributed by atoms with Crippen molar-refractivity contribution in [2.24, 2.45) is 11.1 Å². The molecular formula is C19H32Cl3N3O. The van der Waals surface area contributed by atoms with E-state index in [1.807, 2.05) is 26.0 Å². The topological polar surface area (TPSA) is 58.4 Å². The van der Waals surface area contributed by atoms with E-state index in [-0.39, 0.29) is 36.8 Å². The molecule has 1 aliphatic rings. The van der Waals surface area contributed by atoms with Crippen LogP contribution in [-0.2, 0) is 11.3 Å². The number of nitrogens with one attached hydrogen (secondary N) is 1. The van der Waals surface area contributed by atoms with Crippen LogP contribution in [0.1, 0.15) is 45.1 Å². The molecule has 150 valence electrons. The van der Waals surface area contributed by atoms with Gasteiger partial charge in [0.2, 0.25) is 5.91 Å². The average Bonchev–Trinajstić information content (AvgIpc) is 2.61. The molecule has 1 amide bonds. The Morgan fingerprint density at radius 2 is 1.73 bits per heavy atom. The number of nitrogens with two attached hydrogens (primary N) is 1. The van der Waals surface area contributed by atoms with Gasteiger partial charge in [-0.1, -0.05) is 37.6 Å². The number of rotatable bonds is 7. The molecule has 0 saturated carbocycles. The molecule has 1 aromatic rings. The van der Waals surface area contributed by atoms with Crippen molar-refractivity contribution >= 4 is 42.3 Å². The van der Waals surface area contributed by atoms with E-state index in [1.165, 1.54) is 5.56 Å². The molecule has 3 N–H and O–H groups in total. The molecule has 0 aromatic heterocycles. The number of benzene rings is 1. The Morgan fingerprint density at radius 3 is 2.19 bits per heavy atom. The SMILES string of the molecule is CCC(CC)(CN)C(=O)NC1CCN(Cc2ccc(Cl)cc2)CC1.Cl.Cl. The highest BCUT2D eigenvalue weighted by Crippen LogP contribution is 2.26. The first-order chi connectivity index (χ1) is 11.5. The lowest BCUT2D eigenvalue weighted by Crippen LogP contribution is -2.51. The zero-order chi connectivity index (χ0) is 17.6. The highest BCUT2D eigenvalue weighted by molar-refractivity contribution is 6.30. The maximum absolute atomic E-state index is 12.6. The summed E-state index contributed by atoms with van der Waals surface area (Å²) in [5.74, 6) is 0.131. The number of hydrogen-bond acceptors (Lipinski definition) is 3. The number of amides is 1. The van der Waals surface area contributed by atoms with Crippen LogP contribution < -0.4 is 11.1 Å². The van der Waals surface area contributed by atoms with Crippen molar-refractivity contribution in [3.63, 3.8) is 0 Å². The van der Waals surface area contributed by atoms with Crippen molar-refractivity contribution in [1.29, 1.82) is 0 Å². The molecule has 4 nitrogen and oxygen atoms in total. The fourth-order valence-electron chi connectivity index (χ4n) is 3.37. The van der Waals surface area contributed by atoms with Crippen LogP contribution in [0.2, 0.25) is 5.02 Å². The lowest BCUT2D eigenvalue weighted by molar-refractivity contribution is -0.132. The molecule has 0 bridgehead atoms. The summed E-state index contributed by atoms with van der Waals surface area (Å²) in [4.78, 5) is 15.0. The normalized spacial score (nSPS) is 15.7. The van der Waals surface area contributed by atoms with Crippen LogP contribution in [0.5, 0.6) is 0 Å². The highest BCUT2D eigenvalue weighted by Gasteiger charge is 2.35. The van der Waals surface area contributed by atoms with Crippen molar-refractivity contribution in [1.82, 2.24) is 10.2 Å². The highest BCUT2D eigenvalue weighted by atomic mass is 35.5. The minimum atomic E-state index is -0.402. The molecule has 0 radical (unpaired) electrons. The van der Waals surface area contributed by atoms with Crippen molar-refractivity contribution in [2.75, 3.05) is 19.6 Å². The first-order valence-electron chi connectivity index (χ1n) is 9.01. The molecule has 2 rings (SSSR count). The van der Waals surface area contributed by atoms with Gasteiger partial charge in [-0.3, -0.25) is 9.69 Å². The first-order valence-corrected chi connectivity index (χ1v) is 9.38. The van der Waals surface area contributed by atoms with Crippen molar-refractivity contribution in [3.05, 3.63) is 34.9 Å². The molecule has 0 atom stereocenters. The Labute approximate surface area is 175 Å². The van der Waals surface area contributed by atoms with Crippen LogP contribution in [-0.4, -0.2) is 36.5 Å². The third-order valence-corrected chi connectivity index (χ3v) is 5.72. The second-order valence-corrected chi connectivity index (χ2v) is 7.28. The average molecular weight is 425 g/mol.